The van der Waals surface area contributed by atoms with E-state index in [1.165, 1.54) is 18.2 Å². The van der Waals surface area contributed by atoms with Crippen molar-refractivity contribution < 1.29 is 19.0 Å². The molecule has 0 saturated heterocycles. The Labute approximate surface area is 105 Å². The van der Waals surface area contributed by atoms with Crippen LogP contribution in [-0.2, 0) is 4.74 Å². The Bertz CT molecular complexity index is 358. The van der Waals surface area contributed by atoms with Crippen molar-refractivity contribution in [2.24, 2.45) is 0 Å². The summed E-state index contributed by atoms with van der Waals surface area (Å²) in [6, 6.07) is 3.83. The second kappa shape index (κ2) is 6.79. The van der Waals surface area contributed by atoms with E-state index in [9.17, 15) is 9.50 Å². The Morgan fingerprint density at radius 3 is 2.71 bits per heavy atom. The normalized spacial score (nSPS) is 12.8. The molecule has 0 heterocycles. The average molecular weight is 263 g/mol. The number of benzene rings is 1. The molecule has 17 heavy (non-hydrogen) atoms. The predicted molar refractivity (Wildman–Crippen MR) is 64.0 cm³/mol. The monoisotopic (exact) mass is 262 g/mol. The summed E-state index contributed by atoms with van der Waals surface area (Å²) in [5.74, 6) is -0.215. The number of rotatable bonds is 6. The van der Waals surface area contributed by atoms with Gasteiger partial charge in [-0.05, 0) is 26.0 Å². The number of hydrogen-bond acceptors (Lipinski definition) is 3. The summed E-state index contributed by atoms with van der Waals surface area (Å²) >= 11 is 5.80. The molecule has 0 radical (unpaired) electrons. The number of aliphatic hydroxyl groups excluding tert-OH is 1. The van der Waals surface area contributed by atoms with E-state index in [0.717, 1.165) is 0 Å². The van der Waals surface area contributed by atoms with Crippen LogP contribution in [0.5, 0.6) is 5.75 Å². The second-order valence-corrected chi connectivity index (χ2v) is 4.33. The molecule has 1 aromatic carbocycles. The summed E-state index contributed by atoms with van der Waals surface area (Å²) in [7, 11) is 0. The minimum Gasteiger partial charge on any atom is -0.489 e. The molecule has 1 N–H and O–H groups in total. The van der Waals surface area contributed by atoms with Crippen molar-refractivity contribution in [1.29, 1.82) is 0 Å². The molecular weight excluding hydrogens is 247 g/mol. The van der Waals surface area contributed by atoms with E-state index in [0.29, 0.717) is 5.02 Å². The van der Waals surface area contributed by atoms with Crippen LogP contribution in [-0.4, -0.2) is 30.5 Å². The molecule has 0 aliphatic rings. The van der Waals surface area contributed by atoms with Crippen LogP contribution in [0.15, 0.2) is 18.2 Å². The fourth-order valence-electron chi connectivity index (χ4n) is 1.13. The third-order valence-electron chi connectivity index (χ3n) is 1.95. The molecule has 5 heteroatoms. The lowest BCUT2D eigenvalue weighted by Crippen LogP contribution is -2.25. The standard InChI is InChI=1S/C12H16ClFO3/c1-8(2)16-6-10(15)7-17-12-5-9(14)3-4-11(12)13/h3-5,8,10,15H,6-7H2,1-2H3/t10-/m1/s1. The summed E-state index contributed by atoms with van der Waals surface area (Å²) in [5, 5.41) is 9.84. The smallest absolute Gasteiger partial charge is 0.140 e. The maximum atomic E-state index is 12.9. The predicted octanol–water partition coefficient (Wildman–Crippen LogP) is 2.64. The highest BCUT2D eigenvalue weighted by Crippen LogP contribution is 2.24. The van der Waals surface area contributed by atoms with E-state index >= 15 is 0 Å². The maximum absolute atomic E-state index is 12.9. The molecule has 0 fully saturated rings. The molecule has 0 bridgehead atoms. The van der Waals surface area contributed by atoms with Crippen LogP contribution in [0, 0.1) is 5.82 Å². The van der Waals surface area contributed by atoms with Crippen LogP contribution in [0.25, 0.3) is 0 Å². The molecule has 0 spiro atoms. The lowest BCUT2D eigenvalue weighted by atomic mass is 10.3. The van der Waals surface area contributed by atoms with E-state index in [1.807, 2.05) is 13.8 Å². The lowest BCUT2D eigenvalue weighted by molar-refractivity contribution is -0.0123. The second-order valence-electron chi connectivity index (χ2n) is 3.92. The first-order valence-electron chi connectivity index (χ1n) is 5.36. The highest BCUT2D eigenvalue weighted by atomic mass is 35.5. The van der Waals surface area contributed by atoms with Crippen LogP contribution in [0.3, 0.4) is 0 Å². The minimum atomic E-state index is -0.767. The molecule has 0 aliphatic heterocycles. The molecule has 0 amide bonds. The molecule has 0 unspecified atom stereocenters. The van der Waals surface area contributed by atoms with Gasteiger partial charge >= 0.3 is 0 Å². The third kappa shape index (κ3) is 5.35. The van der Waals surface area contributed by atoms with Gasteiger partial charge in [-0.1, -0.05) is 11.6 Å². The van der Waals surface area contributed by atoms with Crippen LogP contribution in [0.1, 0.15) is 13.8 Å². The molecule has 0 saturated carbocycles. The first-order chi connectivity index (χ1) is 7.99. The van der Waals surface area contributed by atoms with Crippen molar-refractivity contribution in [2.45, 2.75) is 26.1 Å². The fraction of sp³-hybridized carbons (Fsp3) is 0.500. The van der Waals surface area contributed by atoms with E-state index in [1.54, 1.807) is 0 Å². The van der Waals surface area contributed by atoms with Gasteiger partial charge in [-0.2, -0.15) is 0 Å². The molecule has 1 atom stereocenters. The number of halogens is 2. The van der Waals surface area contributed by atoms with Crippen LogP contribution in [0.4, 0.5) is 4.39 Å². The van der Waals surface area contributed by atoms with Gasteiger partial charge in [-0.25, -0.2) is 4.39 Å². The maximum Gasteiger partial charge on any atom is 0.140 e. The quantitative estimate of drug-likeness (QED) is 0.857. The zero-order valence-corrected chi connectivity index (χ0v) is 10.6. The van der Waals surface area contributed by atoms with E-state index in [2.05, 4.69) is 0 Å². The highest BCUT2D eigenvalue weighted by Gasteiger charge is 2.09. The van der Waals surface area contributed by atoms with Crippen molar-refractivity contribution >= 4 is 11.6 Å². The van der Waals surface area contributed by atoms with Crippen LogP contribution >= 0.6 is 11.6 Å². The van der Waals surface area contributed by atoms with E-state index in [4.69, 9.17) is 21.1 Å². The summed E-state index contributed by atoms with van der Waals surface area (Å²) in [5.41, 5.74) is 0. The molecule has 1 aromatic rings. The number of hydrogen-bond donors (Lipinski definition) is 1. The Hall–Kier alpha value is -0.840. The largest absolute Gasteiger partial charge is 0.489 e. The van der Waals surface area contributed by atoms with Crippen molar-refractivity contribution in [3.05, 3.63) is 29.0 Å². The summed E-state index contributed by atoms with van der Waals surface area (Å²) in [6.45, 7) is 3.93. The van der Waals surface area contributed by atoms with Gasteiger partial charge in [0.15, 0.2) is 0 Å². The molecular formula is C12H16ClFO3. The van der Waals surface area contributed by atoms with Gasteiger partial charge in [-0.3, -0.25) is 0 Å². The van der Waals surface area contributed by atoms with Gasteiger partial charge < -0.3 is 14.6 Å². The van der Waals surface area contributed by atoms with Gasteiger partial charge in [0.05, 0.1) is 17.7 Å². The van der Waals surface area contributed by atoms with Gasteiger partial charge in [0.1, 0.15) is 24.3 Å². The fourth-order valence-corrected chi connectivity index (χ4v) is 1.30. The first kappa shape index (κ1) is 14.2. The molecule has 0 aliphatic carbocycles. The molecule has 3 nitrogen and oxygen atoms in total. The van der Waals surface area contributed by atoms with Gasteiger partial charge in [0.25, 0.3) is 0 Å². The Balaban J connectivity index is 2.41. The minimum absolute atomic E-state index is 0.00981. The number of ether oxygens (including phenoxy) is 2. The Morgan fingerprint density at radius 1 is 1.35 bits per heavy atom. The van der Waals surface area contributed by atoms with E-state index < -0.39 is 11.9 Å². The Morgan fingerprint density at radius 2 is 2.06 bits per heavy atom. The summed E-state index contributed by atoms with van der Waals surface area (Å²) in [6.07, 6.45) is -0.723. The SMILES string of the molecule is CC(C)OC[C@@H](O)COc1cc(F)ccc1Cl. The third-order valence-corrected chi connectivity index (χ3v) is 2.26. The topological polar surface area (TPSA) is 38.7 Å². The summed E-state index contributed by atoms with van der Waals surface area (Å²) < 4.78 is 23.3. The van der Waals surface area contributed by atoms with Crippen molar-refractivity contribution in [2.75, 3.05) is 13.2 Å². The number of aliphatic hydroxyl groups is 1. The van der Waals surface area contributed by atoms with Crippen LogP contribution in [0.2, 0.25) is 5.02 Å². The van der Waals surface area contributed by atoms with Gasteiger partial charge in [0, 0.05) is 6.07 Å². The van der Waals surface area contributed by atoms with E-state index in [-0.39, 0.29) is 25.1 Å². The first-order valence-corrected chi connectivity index (χ1v) is 5.74. The molecule has 0 aromatic heterocycles. The Kier molecular flexibility index (Phi) is 5.68. The zero-order valence-electron chi connectivity index (χ0n) is 9.82. The highest BCUT2D eigenvalue weighted by molar-refractivity contribution is 6.32. The lowest BCUT2D eigenvalue weighted by Gasteiger charge is -2.15. The van der Waals surface area contributed by atoms with Gasteiger partial charge in [0.2, 0.25) is 0 Å². The molecule has 1 rings (SSSR count). The average Bonchev–Trinajstić information content (AvgIpc) is 2.27. The van der Waals surface area contributed by atoms with Crippen molar-refractivity contribution in [3.63, 3.8) is 0 Å². The molecule has 96 valence electrons. The van der Waals surface area contributed by atoms with Crippen molar-refractivity contribution in [1.82, 2.24) is 0 Å². The van der Waals surface area contributed by atoms with Gasteiger partial charge in [-0.15, -0.1) is 0 Å². The van der Waals surface area contributed by atoms with Crippen LogP contribution < -0.4 is 4.74 Å². The summed E-state index contributed by atoms with van der Waals surface area (Å²) in [4.78, 5) is 0. The zero-order chi connectivity index (χ0) is 12.8. The van der Waals surface area contributed by atoms with Crippen molar-refractivity contribution in [3.8, 4) is 5.75 Å².